The van der Waals surface area contributed by atoms with Gasteiger partial charge in [0.2, 0.25) is 0 Å². The van der Waals surface area contributed by atoms with Crippen molar-refractivity contribution >= 4 is 65.4 Å². The molecule has 57 heavy (non-hydrogen) atoms. The molecule has 11 aromatic rings. The van der Waals surface area contributed by atoms with Crippen LogP contribution in [0, 0.1) is 34.0 Å². The summed E-state index contributed by atoms with van der Waals surface area (Å²) in [4.78, 5) is 0. The predicted molar refractivity (Wildman–Crippen MR) is 229 cm³/mol. The van der Waals surface area contributed by atoms with E-state index in [-0.39, 0.29) is 0 Å². The smallest absolute Gasteiger partial charge is 0.101 e. The van der Waals surface area contributed by atoms with E-state index < -0.39 is 0 Å². The van der Waals surface area contributed by atoms with Crippen LogP contribution in [0.4, 0.5) is 0 Å². The highest BCUT2D eigenvalue weighted by Crippen LogP contribution is 2.42. The number of hydrogen-bond donors (Lipinski definition) is 0. The van der Waals surface area contributed by atoms with E-state index in [1.807, 2.05) is 72.8 Å². The molecule has 0 aliphatic carbocycles. The van der Waals surface area contributed by atoms with E-state index in [0.29, 0.717) is 16.7 Å². The first-order valence-corrected chi connectivity index (χ1v) is 18.7. The highest BCUT2D eigenvalue weighted by molar-refractivity contribution is 6.17. The number of nitriles is 3. The number of aromatic nitrogens is 3. The Bertz CT molecular complexity index is 3580. The van der Waals surface area contributed by atoms with Gasteiger partial charge >= 0.3 is 0 Å². The van der Waals surface area contributed by atoms with Crippen LogP contribution in [0.3, 0.4) is 0 Å². The number of nitrogens with zero attached hydrogens (tertiary/aromatic N) is 6. The first-order chi connectivity index (χ1) is 28.2. The lowest BCUT2D eigenvalue weighted by Crippen LogP contribution is -2.00. The second-order valence-electron chi connectivity index (χ2n) is 14.3. The molecule has 0 spiro atoms. The number of hydrogen-bond acceptors (Lipinski definition) is 3. The molecule has 3 aromatic heterocycles. The SMILES string of the molecule is N#Cc1ccc2c(c1)c1ccccc1n2-c1ccccc1-c1ccc(-n2c3ccc(C#N)cc3c3c(-n4c5ccccc5c5ccccc54)cccc32)c(C#N)c1. The van der Waals surface area contributed by atoms with Crippen LogP contribution in [0.1, 0.15) is 16.7 Å². The predicted octanol–water partition coefficient (Wildman–Crippen LogP) is 12.3. The van der Waals surface area contributed by atoms with Gasteiger partial charge in [-0.2, -0.15) is 15.8 Å². The summed E-state index contributed by atoms with van der Waals surface area (Å²) >= 11 is 0. The molecule has 8 aromatic carbocycles. The summed E-state index contributed by atoms with van der Waals surface area (Å²) < 4.78 is 6.73. The van der Waals surface area contributed by atoms with E-state index >= 15 is 0 Å². The third kappa shape index (κ3) is 4.61. The van der Waals surface area contributed by atoms with Crippen molar-refractivity contribution in [1.29, 1.82) is 15.8 Å². The molecule has 0 saturated carbocycles. The summed E-state index contributed by atoms with van der Waals surface area (Å²) in [5.74, 6) is 0. The Labute approximate surface area is 326 Å². The van der Waals surface area contributed by atoms with Crippen molar-refractivity contribution in [2.45, 2.75) is 0 Å². The van der Waals surface area contributed by atoms with Gasteiger partial charge in [0.15, 0.2) is 0 Å². The fourth-order valence-corrected chi connectivity index (χ4v) is 8.95. The Morgan fingerprint density at radius 2 is 0.825 bits per heavy atom. The van der Waals surface area contributed by atoms with Crippen molar-refractivity contribution in [1.82, 2.24) is 13.7 Å². The van der Waals surface area contributed by atoms with Crippen molar-refractivity contribution in [2.24, 2.45) is 0 Å². The maximum atomic E-state index is 10.9. The fourth-order valence-electron chi connectivity index (χ4n) is 8.95. The highest BCUT2D eigenvalue weighted by atomic mass is 15.0. The Kier molecular flexibility index (Phi) is 6.95. The van der Waals surface area contributed by atoms with Crippen LogP contribution >= 0.6 is 0 Å². The largest absolute Gasteiger partial charge is 0.309 e. The summed E-state index contributed by atoms with van der Waals surface area (Å²) in [5, 5.41) is 37.0. The van der Waals surface area contributed by atoms with Crippen LogP contribution in [-0.2, 0) is 0 Å². The zero-order valence-electron chi connectivity index (χ0n) is 30.3. The van der Waals surface area contributed by atoms with E-state index in [1.54, 1.807) is 0 Å². The second kappa shape index (κ2) is 12.3. The summed E-state index contributed by atoms with van der Waals surface area (Å²) in [7, 11) is 0. The molecular formula is C51H28N6. The second-order valence-corrected chi connectivity index (χ2v) is 14.3. The van der Waals surface area contributed by atoms with Crippen LogP contribution in [0.5, 0.6) is 0 Å². The molecule has 0 fully saturated rings. The quantitative estimate of drug-likeness (QED) is 0.181. The molecule has 0 aliphatic heterocycles. The Morgan fingerprint density at radius 3 is 1.47 bits per heavy atom. The lowest BCUT2D eigenvalue weighted by Gasteiger charge is -2.16. The fraction of sp³-hybridized carbons (Fsp3) is 0. The molecule has 0 amide bonds. The first-order valence-electron chi connectivity index (χ1n) is 18.7. The number of rotatable bonds is 4. The van der Waals surface area contributed by atoms with Crippen molar-refractivity contribution in [3.8, 4) is 46.4 Å². The van der Waals surface area contributed by atoms with Gasteiger partial charge in [-0.1, -0.05) is 84.9 Å². The van der Waals surface area contributed by atoms with Crippen LogP contribution in [0.25, 0.3) is 93.6 Å². The van der Waals surface area contributed by atoms with Gasteiger partial charge in [-0.25, -0.2) is 0 Å². The molecule has 0 saturated heterocycles. The molecule has 0 radical (unpaired) electrons. The minimum absolute atomic E-state index is 0.522. The monoisotopic (exact) mass is 724 g/mol. The molecule has 0 aliphatic rings. The Balaban J connectivity index is 1.15. The highest BCUT2D eigenvalue weighted by Gasteiger charge is 2.22. The average Bonchev–Trinajstić information content (AvgIpc) is 3.91. The standard InChI is InChI=1S/C51H28N6/c52-29-32-20-23-47-40(26-32)39-13-4-8-17-46(39)56(47)43-14-5-1-10-36(43)34-22-25-42(35(28-34)31-54)55-48-24-21-33(30-53)27-41(48)51-49(55)18-9-19-50(51)57-44-15-6-2-11-37(44)38-12-3-7-16-45(38)57/h1-28H. The van der Waals surface area contributed by atoms with Gasteiger partial charge in [-0.3, -0.25) is 0 Å². The van der Waals surface area contributed by atoms with E-state index in [2.05, 4.69) is 129 Å². The van der Waals surface area contributed by atoms with E-state index in [4.69, 9.17) is 0 Å². The first kappa shape index (κ1) is 32.1. The maximum Gasteiger partial charge on any atom is 0.101 e. The number of benzene rings is 8. The van der Waals surface area contributed by atoms with Crippen molar-refractivity contribution in [2.75, 3.05) is 0 Å². The van der Waals surface area contributed by atoms with E-state index in [9.17, 15) is 15.8 Å². The molecule has 6 heteroatoms. The minimum atomic E-state index is 0.522. The lowest BCUT2D eigenvalue weighted by atomic mass is 10.00. The zero-order valence-corrected chi connectivity index (χ0v) is 30.3. The van der Waals surface area contributed by atoms with Gasteiger partial charge in [0, 0.05) is 37.9 Å². The lowest BCUT2D eigenvalue weighted by molar-refractivity contribution is 1.16. The van der Waals surface area contributed by atoms with Crippen LogP contribution in [0.15, 0.2) is 170 Å². The molecule has 11 rings (SSSR count). The van der Waals surface area contributed by atoms with E-state index in [0.717, 1.165) is 82.8 Å². The van der Waals surface area contributed by atoms with Crippen LogP contribution < -0.4 is 0 Å². The zero-order chi connectivity index (χ0) is 38.2. The van der Waals surface area contributed by atoms with Crippen molar-refractivity contribution in [3.05, 3.63) is 187 Å². The van der Waals surface area contributed by atoms with Crippen molar-refractivity contribution < 1.29 is 0 Å². The molecule has 0 bridgehead atoms. The molecule has 6 nitrogen and oxygen atoms in total. The number of para-hydroxylation sites is 4. The maximum absolute atomic E-state index is 10.9. The minimum Gasteiger partial charge on any atom is -0.309 e. The summed E-state index contributed by atoms with van der Waals surface area (Å²) in [6.45, 7) is 0. The Hall–Kier alpha value is -8.37. The van der Waals surface area contributed by atoms with Gasteiger partial charge in [-0.05, 0) is 90.5 Å². The summed E-state index contributed by atoms with van der Waals surface area (Å²) in [6.07, 6.45) is 0. The molecule has 262 valence electrons. The van der Waals surface area contributed by atoms with Gasteiger partial charge in [0.25, 0.3) is 0 Å². The third-order valence-electron chi connectivity index (χ3n) is 11.3. The average molecular weight is 725 g/mol. The molecule has 0 N–H and O–H groups in total. The van der Waals surface area contributed by atoms with Gasteiger partial charge < -0.3 is 13.7 Å². The molecular weight excluding hydrogens is 697 g/mol. The van der Waals surface area contributed by atoms with Crippen LogP contribution in [0.2, 0.25) is 0 Å². The molecule has 0 atom stereocenters. The molecule has 3 heterocycles. The Morgan fingerprint density at radius 1 is 0.333 bits per heavy atom. The van der Waals surface area contributed by atoms with Crippen molar-refractivity contribution in [3.63, 3.8) is 0 Å². The van der Waals surface area contributed by atoms with Gasteiger partial charge in [-0.15, -0.1) is 0 Å². The molecule has 0 unspecified atom stereocenters. The third-order valence-corrected chi connectivity index (χ3v) is 11.3. The topological polar surface area (TPSA) is 86.2 Å². The summed E-state index contributed by atoms with van der Waals surface area (Å²) in [5.41, 5.74) is 12.4. The van der Waals surface area contributed by atoms with E-state index in [1.165, 1.54) is 10.8 Å². The van der Waals surface area contributed by atoms with Gasteiger partial charge in [0.1, 0.15) is 6.07 Å². The van der Waals surface area contributed by atoms with Gasteiger partial charge in [0.05, 0.1) is 79.0 Å². The number of fused-ring (bicyclic) bond motifs is 9. The van der Waals surface area contributed by atoms with Crippen LogP contribution in [-0.4, -0.2) is 13.7 Å². The summed E-state index contributed by atoms with van der Waals surface area (Å²) in [6, 6.07) is 64.7. The normalized spacial score (nSPS) is 11.5.